The third-order valence-corrected chi connectivity index (χ3v) is 18.2. The summed E-state index contributed by atoms with van der Waals surface area (Å²) in [6, 6.07) is 25.3. The molecule has 10 rings (SSSR count). The number of aliphatic hydroxyl groups excluding tert-OH is 1. The van der Waals surface area contributed by atoms with Crippen molar-refractivity contribution in [2.45, 2.75) is 269 Å². The van der Waals surface area contributed by atoms with Crippen LogP contribution in [0.15, 0.2) is 92.6 Å². The number of hydrogen-bond acceptors (Lipinski definition) is 20. The maximum atomic E-state index is 13.2. The minimum Gasteiger partial charge on any atom is -0.481 e. The highest BCUT2D eigenvalue weighted by atomic mass is 79.9. The van der Waals surface area contributed by atoms with E-state index in [1.165, 1.54) is 59.3 Å². The molecule has 95 heavy (non-hydrogen) atoms. The van der Waals surface area contributed by atoms with E-state index < -0.39 is 67.2 Å². The van der Waals surface area contributed by atoms with Crippen molar-refractivity contribution in [3.05, 3.63) is 93.4 Å². The van der Waals surface area contributed by atoms with E-state index in [-0.39, 0.29) is 79.7 Å². The topological polar surface area (TPSA) is 238 Å². The predicted molar refractivity (Wildman–Crippen MR) is 374 cm³/mol. The fraction of sp³-hybridized carbons (Fsp3) is 0.629. The number of nitrogens with zero attached hydrogens (tertiary/aromatic N) is 6. The number of aromatic nitrogens is 6. The molecule has 2 aliphatic carbocycles. The summed E-state index contributed by atoms with van der Waals surface area (Å²) in [5.74, 6) is -0.0293. The van der Waals surface area contributed by atoms with Crippen LogP contribution in [0, 0.1) is 0 Å². The Morgan fingerprint density at radius 2 is 0.821 bits per heavy atom. The molecular weight excluding hydrogens is 1390 g/mol. The maximum Gasteiger partial charge on any atom is 0.316 e. The Balaban J connectivity index is 0.000000202. The van der Waals surface area contributed by atoms with Crippen LogP contribution in [0.25, 0.3) is 32.9 Å². The predicted octanol–water partition coefficient (Wildman–Crippen LogP) is 14.0. The van der Waals surface area contributed by atoms with E-state index in [9.17, 15) is 14.7 Å². The number of carboxylic acid groups (broad SMARTS) is 1. The summed E-state index contributed by atoms with van der Waals surface area (Å²) in [4.78, 5) is 24.1. The number of benzene rings is 4. The van der Waals surface area contributed by atoms with Crippen LogP contribution in [-0.2, 0) is 61.7 Å². The second-order valence-electron chi connectivity index (χ2n) is 26.4. The molecule has 6 aromatic rings. The Labute approximate surface area is 585 Å². The monoisotopic (exact) mass is 1480 g/mol. The van der Waals surface area contributed by atoms with Gasteiger partial charge in [-0.25, -0.2) is 0 Å². The Kier molecular flexibility index (Phi) is 28.8. The number of rotatable bonds is 29. The van der Waals surface area contributed by atoms with Gasteiger partial charge >= 0.3 is 11.9 Å². The van der Waals surface area contributed by atoms with Gasteiger partial charge in [0.2, 0.25) is 9.47 Å². The number of thioether (sulfide) groups is 2. The molecule has 0 bridgehead atoms. The first-order valence-corrected chi connectivity index (χ1v) is 36.8. The molecule has 2 aliphatic heterocycles. The van der Waals surface area contributed by atoms with Gasteiger partial charge in [-0.2, -0.15) is 0 Å². The molecule has 25 heteroatoms. The number of fused-ring (bicyclic) bond motifs is 2. The van der Waals surface area contributed by atoms with Crippen molar-refractivity contribution in [3.8, 4) is 11.4 Å². The molecule has 2 saturated heterocycles. The van der Waals surface area contributed by atoms with Crippen LogP contribution in [0.2, 0.25) is 0 Å². The van der Waals surface area contributed by atoms with Gasteiger partial charge in [0.15, 0.2) is 22.9 Å². The molecule has 4 aromatic carbocycles. The number of aliphatic carboxylic acids is 1. The molecule has 2 aromatic heterocycles. The van der Waals surface area contributed by atoms with Crippen LogP contribution in [0.5, 0.6) is 0 Å². The molecule has 4 aliphatic rings. The minimum atomic E-state index is -0.875. The fourth-order valence-electron chi connectivity index (χ4n) is 11.7. The number of hydrogen-bond donors (Lipinski definition) is 2. The summed E-state index contributed by atoms with van der Waals surface area (Å²) < 4.78 is 72.6. The van der Waals surface area contributed by atoms with E-state index in [4.69, 9.17) is 57.2 Å². The molecule has 2 saturated carbocycles. The van der Waals surface area contributed by atoms with Crippen molar-refractivity contribution in [3.63, 3.8) is 0 Å². The molecule has 0 amide bonds. The number of carbonyl (C=O) groups excluding carboxylic acids is 1. The van der Waals surface area contributed by atoms with E-state index in [1.54, 1.807) is 0 Å². The highest BCUT2D eigenvalue weighted by Gasteiger charge is 2.52. The largest absolute Gasteiger partial charge is 0.481 e. The minimum absolute atomic E-state index is 0.0105. The number of esters is 1. The lowest BCUT2D eigenvalue weighted by Crippen LogP contribution is -2.63. The van der Waals surface area contributed by atoms with Gasteiger partial charge in [-0.1, -0.05) is 84.2 Å². The van der Waals surface area contributed by atoms with Crippen LogP contribution in [0.1, 0.15) is 159 Å². The Bertz CT molecular complexity index is 3420. The molecule has 4 fully saturated rings. The van der Waals surface area contributed by atoms with Crippen molar-refractivity contribution in [2.75, 3.05) is 24.7 Å². The van der Waals surface area contributed by atoms with Gasteiger partial charge in [0.25, 0.3) is 0 Å². The lowest BCUT2D eigenvalue weighted by atomic mass is 9.97. The smallest absolute Gasteiger partial charge is 0.316 e. The summed E-state index contributed by atoms with van der Waals surface area (Å²) in [7, 11) is 0. The number of aliphatic hydroxyl groups is 1. The average Bonchev–Trinajstić information content (AvgIpc) is 1.67. The zero-order valence-electron chi connectivity index (χ0n) is 57.6. The number of carboxylic acids is 1. The van der Waals surface area contributed by atoms with Crippen LogP contribution >= 0.6 is 55.4 Å². The van der Waals surface area contributed by atoms with E-state index in [2.05, 4.69) is 113 Å². The van der Waals surface area contributed by atoms with Gasteiger partial charge < -0.3 is 62.3 Å². The molecule has 2 N–H and O–H groups in total. The van der Waals surface area contributed by atoms with Crippen molar-refractivity contribution in [2.24, 2.45) is 0 Å². The van der Waals surface area contributed by atoms with E-state index in [0.29, 0.717) is 31.6 Å². The standard InChI is InChI=1S/C35H48BrN3O7S.C18H36O6.C17H14BrN3O2S/c1-19(2)42-30-28(46-33(45-22(7)8)32(44-21(5)6)31(30)43-20(3)4)17-41-29(40)18-47-35-38-37-34(36)39(35)27-16-15-24(23-13-14-23)25-11-9-10-12-26(25)27;1-10(2)20-15-14(9-19)24-18(23-13(7)8)17(22-12(5)6)16(15)21-11(3)4;18-16-19-20-17(24-9-15(22)23)21(16)14-8-7-11(10-5-6-10)12-3-1-2-4-13(12)14/h9-12,15-16,19-23,28,30-33H,13-14,17-18H2,1-8H3;10-19H,9H2,1-8H3;1-4,7-8,10H,5-6,9H2,(H,22,23)/t28?,30-,31+,32?,33-;14?,15-,16+,17?,18-;/m11./s1. The van der Waals surface area contributed by atoms with Crippen LogP contribution in [-0.4, -0.2) is 187 Å². The third kappa shape index (κ3) is 21.2. The normalized spacial score (nSPS) is 23.2. The van der Waals surface area contributed by atoms with Crippen molar-refractivity contribution < 1.29 is 71.9 Å². The SMILES string of the molecule is CC(C)OC1[C@H](OC(C)C)OC(CO)[C@@H](OC(C)C)[C@@H]1OC(C)C.CC(C)OC1[C@H](OC(C)C)OC(COC(=O)CSc2nnc(Br)n2-c2ccc(C3CC3)c3ccccc23)[C@@H](OC(C)C)[C@@H]1OC(C)C.O=C(O)CSc1nnc(Br)n1-c1ccc(C2CC2)c2ccccc12. The van der Waals surface area contributed by atoms with E-state index >= 15 is 0 Å². The van der Waals surface area contributed by atoms with E-state index in [1.807, 2.05) is 132 Å². The second-order valence-corrected chi connectivity index (χ2v) is 29.7. The molecule has 21 nitrogen and oxygen atoms in total. The van der Waals surface area contributed by atoms with Crippen molar-refractivity contribution >= 4 is 88.9 Å². The average molecular weight is 1490 g/mol. The highest BCUT2D eigenvalue weighted by Crippen LogP contribution is 2.46. The summed E-state index contributed by atoms with van der Waals surface area (Å²) in [5.41, 5.74) is 4.67. The van der Waals surface area contributed by atoms with Crippen LogP contribution < -0.4 is 0 Å². The summed E-state index contributed by atoms with van der Waals surface area (Å²) >= 11 is 9.44. The summed E-state index contributed by atoms with van der Waals surface area (Å²) in [6.07, 6.45) is -0.923. The lowest BCUT2D eigenvalue weighted by Gasteiger charge is -2.47. The molecule has 4 heterocycles. The highest BCUT2D eigenvalue weighted by molar-refractivity contribution is 9.10. The first-order valence-electron chi connectivity index (χ1n) is 33.3. The van der Waals surface area contributed by atoms with Gasteiger partial charge in [0.1, 0.15) is 55.4 Å². The van der Waals surface area contributed by atoms with Gasteiger partial charge in [-0.3, -0.25) is 18.7 Å². The fourth-order valence-corrected chi connectivity index (χ4v) is 14.2. The Morgan fingerprint density at radius 3 is 1.19 bits per heavy atom. The van der Waals surface area contributed by atoms with Gasteiger partial charge in [-0.05, 0) is 214 Å². The zero-order valence-corrected chi connectivity index (χ0v) is 62.4. The quantitative estimate of drug-likeness (QED) is 0.0328. The molecule has 4 unspecified atom stereocenters. The second kappa shape index (κ2) is 35.7. The van der Waals surface area contributed by atoms with E-state index in [0.717, 1.165) is 33.9 Å². The van der Waals surface area contributed by atoms with Gasteiger partial charge in [-0.15, -0.1) is 20.4 Å². The maximum absolute atomic E-state index is 13.2. The zero-order chi connectivity index (χ0) is 68.9. The van der Waals surface area contributed by atoms with Gasteiger partial charge in [0, 0.05) is 10.8 Å². The Morgan fingerprint density at radius 1 is 0.474 bits per heavy atom. The lowest BCUT2D eigenvalue weighted by molar-refractivity contribution is -0.338. The first kappa shape index (κ1) is 76.6. The third-order valence-electron chi connectivity index (χ3n) is 15.4. The molecule has 524 valence electrons. The Hall–Kier alpha value is -4.16. The van der Waals surface area contributed by atoms with Crippen molar-refractivity contribution in [1.29, 1.82) is 0 Å². The van der Waals surface area contributed by atoms with Crippen LogP contribution in [0.3, 0.4) is 0 Å². The van der Waals surface area contributed by atoms with Gasteiger partial charge in [0.05, 0.1) is 78.3 Å². The molecular formula is C70H98Br2N6O15S2. The van der Waals surface area contributed by atoms with Crippen LogP contribution in [0.4, 0.5) is 0 Å². The first-order chi connectivity index (χ1) is 45.2. The molecule has 0 radical (unpaired) electrons. The number of carbonyl (C=O) groups is 2. The summed E-state index contributed by atoms with van der Waals surface area (Å²) in [5, 5.41) is 41.4. The molecule has 0 spiro atoms. The van der Waals surface area contributed by atoms with Crippen molar-refractivity contribution in [1.82, 2.24) is 29.5 Å². The number of halogens is 2. The number of ether oxygens (including phenoxy) is 11. The molecule has 10 atom stereocenters. The summed E-state index contributed by atoms with van der Waals surface area (Å²) in [6.45, 7) is 31.1.